The normalized spacial score (nSPS) is 33.0. The molecule has 11 rings (SSSR count). The summed E-state index contributed by atoms with van der Waals surface area (Å²) in [4.78, 5) is 53.5. The molecule has 4 unspecified atom stereocenters. The minimum Gasteiger partial charge on any atom is -0.455 e. The molecule has 83 heavy (non-hydrogen) atoms. The largest absolute Gasteiger partial charge is 0.455 e. The average Bonchev–Trinajstić information content (AvgIpc) is 3.64. The summed E-state index contributed by atoms with van der Waals surface area (Å²) in [5.74, 6) is -2.34. The Bertz CT molecular complexity index is 2900. The lowest BCUT2D eigenvalue weighted by atomic mass is 9.94. The van der Waals surface area contributed by atoms with Crippen molar-refractivity contribution in [3.8, 4) is 0 Å². The van der Waals surface area contributed by atoms with Crippen molar-refractivity contribution < 1.29 is 100 Å². The van der Waals surface area contributed by atoms with Crippen molar-refractivity contribution in [1.29, 1.82) is 0 Å². The van der Waals surface area contributed by atoms with Crippen molar-refractivity contribution in [3.05, 3.63) is 179 Å². The van der Waals surface area contributed by atoms with E-state index in [2.05, 4.69) is 5.32 Å². The first kappa shape index (κ1) is 58.1. The molecular formula is C61H65NO21. The van der Waals surface area contributed by atoms with Crippen LogP contribution in [0.1, 0.15) is 71.8 Å². The maximum Gasteiger partial charge on any atom is 0.407 e. The minimum atomic E-state index is -1.67. The van der Waals surface area contributed by atoms with E-state index in [0.29, 0.717) is 16.7 Å². The number of aliphatic hydroxyl groups excluding tert-OH is 1. The number of hydrogen-bond acceptors (Lipinski definition) is 21. The van der Waals surface area contributed by atoms with E-state index in [4.69, 9.17) is 75.8 Å². The van der Waals surface area contributed by atoms with Crippen LogP contribution in [0.2, 0.25) is 0 Å². The molecule has 0 aromatic heterocycles. The van der Waals surface area contributed by atoms with E-state index in [1.165, 1.54) is 13.8 Å². The lowest BCUT2D eigenvalue weighted by Crippen LogP contribution is -2.69. The molecule has 5 aromatic rings. The lowest BCUT2D eigenvalue weighted by molar-refractivity contribution is -0.421. The second-order valence-corrected chi connectivity index (χ2v) is 20.4. The third-order valence-electron chi connectivity index (χ3n) is 14.6. The molecule has 18 atom stereocenters. The van der Waals surface area contributed by atoms with Crippen molar-refractivity contribution in [2.45, 2.75) is 138 Å². The fraction of sp³-hybridized carbons (Fsp3) is 0.443. The molecular weight excluding hydrogens is 1080 g/mol. The summed E-state index contributed by atoms with van der Waals surface area (Å²) in [5, 5.41) is 15.4. The number of amides is 1. The molecule has 6 heterocycles. The van der Waals surface area contributed by atoms with Crippen LogP contribution in [-0.2, 0) is 92.0 Å². The van der Waals surface area contributed by atoms with E-state index in [1.54, 1.807) is 30.3 Å². The number of fused-ring (bicyclic) bond motifs is 3. The van der Waals surface area contributed by atoms with E-state index in [1.807, 2.05) is 121 Å². The van der Waals surface area contributed by atoms with Crippen LogP contribution < -0.4 is 5.32 Å². The third-order valence-corrected chi connectivity index (χ3v) is 14.6. The van der Waals surface area contributed by atoms with Gasteiger partial charge in [0.1, 0.15) is 61.5 Å². The highest BCUT2D eigenvalue weighted by molar-refractivity contribution is 5.89. The van der Waals surface area contributed by atoms with E-state index >= 15 is 0 Å². The Morgan fingerprint density at radius 1 is 0.494 bits per heavy atom. The number of alkyl carbamates (subject to hydrolysis) is 1. The summed E-state index contributed by atoms with van der Waals surface area (Å²) in [6.07, 6.45) is -23.1. The molecule has 5 aromatic carbocycles. The first-order valence-electron chi connectivity index (χ1n) is 27.6. The highest BCUT2D eigenvalue weighted by atomic mass is 16.8. The van der Waals surface area contributed by atoms with Gasteiger partial charge in [-0.2, -0.15) is 0 Å². The maximum atomic E-state index is 14.6. The summed E-state index contributed by atoms with van der Waals surface area (Å²) in [7, 11) is 0. The molecule has 1 amide bonds. The average molecular weight is 1150 g/mol. The highest BCUT2D eigenvalue weighted by Crippen LogP contribution is 2.43. The molecule has 6 saturated heterocycles. The van der Waals surface area contributed by atoms with Crippen LogP contribution in [0.25, 0.3) is 0 Å². The van der Waals surface area contributed by atoms with Gasteiger partial charge in [0.05, 0.1) is 32.0 Å². The molecule has 0 bridgehead atoms. The number of rotatable bonds is 18. The van der Waals surface area contributed by atoms with E-state index in [9.17, 15) is 24.3 Å². The van der Waals surface area contributed by atoms with Gasteiger partial charge in [0.15, 0.2) is 56.1 Å². The van der Waals surface area contributed by atoms with Crippen LogP contribution in [0, 0.1) is 0 Å². The molecule has 6 fully saturated rings. The maximum absolute atomic E-state index is 14.6. The van der Waals surface area contributed by atoms with Crippen molar-refractivity contribution in [2.24, 2.45) is 0 Å². The molecule has 440 valence electrons. The molecule has 2 N–H and O–H groups in total. The fourth-order valence-electron chi connectivity index (χ4n) is 10.7. The van der Waals surface area contributed by atoms with Crippen molar-refractivity contribution in [3.63, 3.8) is 0 Å². The van der Waals surface area contributed by atoms with Crippen LogP contribution in [0.4, 0.5) is 4.79 Å². The number of ether oxygens (including phenoxy) is 16. The third kappa shape index (κ3) is 14.1. The number of hydrogen-bond donors (Lipinski definition) is 2. The van der Waals surface area contributed by atoms with Crippen LogP contribution >= 0.6 is 0 Å². The van der Waals surface area contributed by atoms with Crippen molar-refractivity contribution in [2.75, 3.05) is 33.0 Å². The van der Waals surface area contributed by atoms with Gasteiger partial charge in [0.25, 0.3) is 0 Å². The van der Waals surface area contributed by atoms with E-state index in [-0.39, 0.29) is 51.6 Å². The molecule has 0 aliphatic carbocycles. The van der Waals surface area contributed by atoms with E-state index < -0.39 is 135 Å². The lowest BCUT2D eigenvalue weighted by Gasteiger charge is -2.53. The van der Waals surface area contributed by atoms with Crippen molar-refractivity contribution >= 4 is 24.0 Å². The van der Waals surface area contributed by atoms with Crippen molar-refractivity contribution in [1.82, 2.24) is 5.32 Å². The zero-order valence-corrected chi connectivity index (χ0v) is 45.4. The summed E-state index contributed by atoms with van der Waals surface area (Å²) < 4.78 is 103. The zero-order chi connectivity index (χ0) is 57.2. The predicted octanol–water partition coefficient (Wildman–Crippen LogP) is 6.06. The monoisotopic (exact) mass is 1150 g/mol. The van der Waals surface area contributed by atoms with Crippen LogP contribution in [0.5, 0.6) is 0 Å². The summed E-state index contributed by atoms with van der Waals surface area (Å²) in [5.41, 5.74) is 2.96. The second-order valence-electron chi connectivity index (χ2n) is 20.4. The topological polar surface area (TPSA) is 248 Å². The Labute approximate surface area is 478 Å². The molecule has 0 spiro atoms. The van der Waals surface area contributed by atoms with Gasteiger partial charge in [-0.25, -0.2) is 9.59 Å². The predicted molar refractivity (Wildman–Crippen MR) is 284 cm³/mol. The van der Waals surface area contributed by atoms with Gasteiger partial charge >= 0.3 is 24.0 Å². The Hall–Kier alpha value is -6.74. The summed E-state index contributed by atoms with van der Waals surface area (Å²) in [6, 6.07) is 44.8. The van der Waals surface area contributed by atoms with Gasteiger partial charge in [-0.1, -0.05) is 140 Å². The van der Waals surface area contributed by atoms with Crippen LogP contribution in [0.3, 0.4) is 0 Å². The molecule has 6 aliphatic heterocycles. The number of aliphatic hydroxyl groups is 1. The Balaban J connectivity index is 0.920. The van der Waals surface area contributed by atoms with Gasteiger partial charge in [0, 0.05) is 37.1 Å². The smallest absolute Gasteiger partial charge is 0.407 e. The number of esters is 3. The first-order chi connectivity index (χ1) is 40.5. The van der Waals surface area contributed by atoms with E-state index in [0.717, 1.165) is 5.56 Å². The molecule has 22 nitrogen and oxygen atoms in total. The quantitative estimate of drug-likeness (QED) is 0.0575. The number of nitrogens with one attached hydrogen (secondary N) is 1. The number of carbonyl (C=O) groups excluding carboxylic acids is 4. The minimum absolute atomic E-state index is 0.0130. The molecule has 22 heteroatoms. The Morgan fingerprint density at radius 3 is 1.46 bits per heavy atom. The van der Waals surface area contributed by atoms with Crippen LogP contribution in [-0.4, -0.2) is 154 Å². The SMILES string of the molecule is CC(=O)O[C@H]1[C@@H]2OC(c3ccccc3)OC[C@H]2OC(O[C@@H]2[C@@H](OC(=O)c3ccccc3)[C@H](O[C@H]3[C@H](OCCCNC(=O)OCc4ccccc4)O[C@@H]4COC(c5ccccc5)O[C@H]4[C@@H]3O)O[C@@H]3COC(c4ccccc4)O[C@@H]23)[C@@H]1OC(C)=O. The summed E-state index contributed by atoms with van der Waals surface area (Å²) >= 11 is 0. The second kappa shape index (κ2) is 27.3. The standard InChI is InChI=1S/C61H65NO21/c1-35(63)73-50-47-43(33-70-56(80-47)40-25-14-6-15-26-40)76-59(52(50)74-36(2)64)83-51-48-44(34-71-57(81-48)41-27-16-7-17-28-41)77-60(53(51)78-54(66)38-21-10-4-11-22-38)82-49-45(65)46-42(32-69-55(79-46)39-23-12-5-13-24-39)75-58(49)68-30-18-29-62-61(67)72-31-37-19-8-3-9-20-37/h3-17,19-28,42-53,55-60,65H,18,29-34H2,1-2H3,(H,62,67)/t42-,43-,44-,45+,46-,47-,48-,49-,50+,51+,52-,53-,55?,56?,57?,58-,59?,60+/m1/s1. The van der Waals surface area contributed by atoms with Crippen LogP contribution in [0.15, 0.2) is 152 Å². The molecule has 0 saturated carbocycles. The van der Waals surface area contributed by atoms with Gasteiger partial charge in [-0.15, -0.1) is 0 Å². The molecule has 6 aliphatic rings. The van der Waals surface area contributed by atoms with Gasteiger partial charge in [-0.3, -0.25) is 9.59 Å². The fourth-order valence-corrected chi connectivity index (χ4v) is 10.7. The van der Waals surface area contributed by atoms with Gasteiger partial charge in [-0.05, 0) is 24.1 Å². The number of carbonyl (C=O) groups is 4. The zero-order valence-electron chi connectivity index (χ0n) is 45.4. The first-order valence-corrected chi connectivity index (χ1v) is 27.6. The van der Waals surface area contributed by atoms with Gasteiger partial charge < -0.3 is 86.2 Å². The van der Waals surface area contributed by atoms with Gasteiger partial charge in [0.2, 0.25) is 0 Å². The Kier molecular flexibility index (Phi) is 19.1. The highest BCUT2D eigenvalue weighted by Gasteiger charge is 2.60. The Morgan fingerprint density at radius 2 is 0.928 bits per heavy atom. The summed E-state index contributed by atoms with van der Waals surface area (Å²) in [6.45, 7) is 2.33. The number of benzene rings is 5. The molecule has 0 radical (unpaired) electrons.